The summed E-state index contributed by atoms with van der Waals surface area (Å²) in [4.78, 5) is 39.4. The Kier molecular flexibility index (Phi) is 6.59. The van der Waals surface area contributed by atoms with Crippen molar-refractivity contribution in [3.8, 4) is 11.8 Å². The number of anilines is 1. The molecule has 2 N–H and O–H groups in total. The fourth-order valence-corrected chi connectivity index (χ4v) is 4.80. The Morgan fingerprint density at radius 3 is 2.46 bits per heavy atom. The van der Waals surface area contributed by atoms with Gasteiger partial charge >= 0.3 is 0 Å². The zero-order valence-electron chi connectivity index (χ0n) is 20.2. The number of imide groups is 1. The largest absolute Gasteiger partial charge is 0.368 e. The number of nitrogens with two attached hydrogens (primary N) is 1. The number of aromatic nitrogens is 4. The van der Waals surface area contributed by atoms with Gasteiger partial charge < -0.3 is 10.3 Å². The topological polar surface area (TPSA) is 107 Å². The van der Waals surface area contributed by atoms with Crippen molar-refractivity contribution in [2.24, 2.45) is 0 Å². The summed E-state index contributed by atoms with van der Waals surface area (Å²) in [5.74, 6) is 5.79. The molecule has 10 heteroatoms. The van der Waals surface area contributed by atoms with E-state index in [0.717, 1.165) is 16.8 Å². The molecule has 0 fully saturated rings. The number of pyridine rings is 1. The molecule has 37 heavy (non-hydrogen) atoms. The van der Waals surface area contributed by atoms with Crippen molar-refractivity contribution in [1.82, 2.24) is 24.4 Å². The Morgan fingerprint density at radius 2 is 1.76 bits per heavy atom. The summed E-state index contributed by atoms with van der Waals surface area (Å²) in [5, 5.41) is 1.48. The maximum absolute atomic E-state index is 12.5. The van der Waals surface area contributed by atoms with Crippen LogP contribution in [0.3, 0.4) is 0 Å². The molecule has 186 valence electrons. The molecular formula is C27H22Cl2N6O2. The van der Waals surface area contributed by atoms with Crippen LogP contribution in [0.4, 0.5) is 5.95 Å². The van der Waals surface area contributed by atoms with Crippen LogP contribution in [0, 0.1) is 25.7 Å². The summed E-state index contributed by atoms with van der Waals surface area (Å²) < 4.78 is 1.88. The number of hydrogen-bond donors (Lipinski definition) is 1. The summed E-state index contributed by atoms with van der Waals surface area (Å²) in [6.07, 6.45) is 4.60. The first kappa shape index (κ1) is 24.8. The first-order valence-corrected chi connectivity index (χ1v) is 12.4. The summed E-state index contributed by atoms with van der Waals surface area (Å²) in [7, 11) is 0. The van der Waals surface area contributed by atoms with E-state index in [9.17, 15) is 9.59 Å². The highest BCUT2D eigenvalue weighted by molar-refractivity contribution is 6.34. The Labute approximate surface area is 223 Å². The van der Waals surface area contributed by atoms with Crippen molar-refractivity contribution in [2.75, 3.05) is 12.3 Å². The average Bonchev–Trinajstić information content (AvgIpc) is 3.34. The Hall–Kier alpha value is -3.93. The molecule has 0 saturated heterocycles. The van der Waals surface area contributed by atoms with E-state index in [4.69, 9.17) is 28.9 Å². The molecule has 3 aromatic heterocycles. The lowest BCUT2D eigenvalue weighted by Gasteiger charge is -2.12. The van der Waals surface area contributed by atoms with E-state index < -0.39 is 0 Å². The molecule has 0 radical (unpaired) electrons. The van der Waals surface area contributed by atoms with Crippen LogP contribution in [-0.2, 0) is 6.54 Å². The molecular weight excluding hydrogens is 511 g/mol. The molecule has 2 amide bonds. The van der Waals surface area contributed by atoms with Gasteiger partial charge in [-0.3, -0.25) is 19.5 Å². The monoisotopic (exact) mass is 532 g/mol. The summed E-state index contributed by atoms with van der Waals surface area (Å²) in [6, 6.07) is 6.85. The molecule has 0 unspecified atom stereocenters. The van der Waals surface area contributed by atoms with Crippen LogP contribution >= 0.6 is 23.2 Å². The van der Waals surface area contributed by atoms with Crippen LogP contribution in [0.15, 0.2) is 36.7 Å². The predicted octanol–water partition coefficient (Wildman–Crippen LogP) is 4.81. The number of nitrogen functional groups attached to an aromatic ring is 1. The van der Waals surface area contributed by atoms with Crippen molar-refractivity contribution < 1.29 is 9.59 Å². The Bertz CT molecular complexity index is 1620. The van der Waals surface area contributed by atoms with Crippen LogP contribution < -0.4 is 5.73 Å². The number of nitrogens with zero attached hydrogens (tertiary/aromatic N) is 5. The molecule has 0 bridgehead atoms. The highest BCUT2D eigenvalue weighted by atomic mass is 35.5. The summed E-state index contributed by atoms with van der Waals surface area (Å²) in [6.45, 7) is 4.53. The Morgan fingerprint density at radius 1 is 1.05 bits per heavy atom. The number of benzene rings is 1. The quantitative estimate of drug-likeness (QED) is 0.171. The van der Waals surface area contributed by atoms with E-state index in [-0.39, 0.29) is 22.9 Å². The van der Waals surface area contributed by atoms with Crippen LogP contribution in [0.5, 0.6) is 0 Å². The number of amides is 2. The van der Waals surface area contributed by atoms with Gasteiger partial charge in [-0.25, -0.2) is 4.98 Å². The van der Waals surface area contributed by atoms with Crippen molar-refractivity contribution in [3.05, 3.63) is 80.3 Å². The maximum Gasteiger partial charge on any atom is 0.261 e. The second-order valence-electron chi connectivity index (χ2n) is 8.78. The molecule has 1 aromatic carbocycles. The molecule has 1 aliphatic heterocycles. The van der Waals surface area contributed by atoms with Gasteiger partial charge in [0.15, 0.2) is 0 Å². The third-order valence-corrected chi connectivity index (χ3v) is 7.17. The summed E-state index contributed by atoms with van der Waals surface area (Å²) >= 11 is 12.9. The van der Waals surface area contributed by atoms with E-state index in [1.54, 1.807) is 30.5 Å². The highest BCUT2D eigenvalue weighted by Gasteiger charge is 2.34. The van der Waals surface area contributed by atoms with Gasteiger partial charge in [-0.2, -0.15) is 4.98 Å². The second-order valence-corrected chi connectivity index (χ2v) is 9.52. The first-order chi connectivity index (χ1) is 17.8. The maximum atomic E-state index is 12.5. The minimum Gasteiger partial charge on any atom is -0.368 e. The van der Waals surface area contributed by atoms with Crippen molar-refractivity contribution >= 4 is 52.0 Å². The highest BCUT2D eigenvalue weighted by Crippen LogP contribution is 2.29. The van der Waals surface area contributed by atoms with E-state index in [1.807, 2.05) is 24.6 Å². The molecule has 0 spiro atoms. The van der Waals surface area contributed by atoms with E-state index in [2.05, 4.69) is 26.8 Å². The van der Waals surface area contributed by atoms with Crippen LogP contribution in [0.25, 0.3) is 11.0 Å². The predicted molar refractivity (Wildman–Crippen MR) is 143 cm³/mol. The van der Waals surface area contributed by atoms with Gasteiger partial charge in [-0.1, -0.05) is 47.2 Å². The lowest BCUT2D eigenvalue weighted by atomic mass is 10.1. The Balaban J connectivity index is 1.36. The first-order valence-electron chi connectivity index (χ1n) is 11.6. The van der Waals surface area contributed by atoms with Gasteiger partial charge in [0.05, 0.1) is 34.3 Å². The number of unbranched alkanes of at least 4 members (excludes halogenated alkanes) is 1. The standard InChI is InChI=1S/C27H22Cl2N6O2/c1-15-12-31-20(16(2)22(15)28)14-34-13-17(21-23(29)32-27(30)33-24(21)34)8-4-3-7-11-35-25(36)18-9-5-6-10-19(18)26(35)37/h5-6,9-10,12-13H,3,7,11,14H2,1-2H3,(H2,30,32,33). The third-order valence-electron chi connectivity index (χ3n) is 6.32. The molecule has 0 atom stereocenters. The number of carbonyl (C=O) groups is 2. The zero-order chi connectivity index (χ0) is 26.3. The van der Waals surface area contributed by atoms with E-state index in [1.165, 1.54) is 4.90 Å². The molecule has 5 rings (SSSR count). The molecule has 1 aliphatic rings. The zero-order valence-corrected chi connectivity index (χ0v) is 21.7. The smallest absolute Gasteiger partial charge is 0.261 e. The fourth-order valence-electron chi connectivity index (χ4n) is 4.37. The van der Waals surface area contributed by atoms with Gasteiger partial charge in [0.25, 0.3) is 11.8 Å². The molecule has 4 aromatic rings. The molecule has 8 nitrogen and oxygen atoms in total. The van der Waals surface area contributed by atoms with Gasteiger partial charge in [-0.15, -0.1) is 0 Å². The van der Waals surface area contributed by atoms with Crippen LogP contribution in [0.2, 0.25) is 10.2 Å². The number of carbonyl (C=O) groups excluding carboxylic acids is 2. The molecule has 0 saturated carbocycles. The van der Waals surface area contributed by atoms with Crippen LogP contribution in [0.1, 0.15) is 55.9 Å². The molecule has 4 heterocycles. The van der Waals surface area contributed by atoms with E-state index >= 15 is 0 Å². The minimum atomic E-state index is -0.265. The van der Waals surface area contributed by atoms with Crippen molar-refractivity contribution in [1.29, 1.82) is 0 Å². The third kappa shape index (κ3) is 4.52. The minimum absolute atomic E-state index is 0.0592. The van der Waals surface area contributed by atoms with Crippen LogP contribution in [-0.4, -0.2) is 42.8 Å². The SMILES string of the molecule is Cc1cnc(Cn2cc(C#CCCCN3C(=O)c4ccccc4C3=O)c3c(Cl)nc(N)nc32)c(C)c1Cl. The normalized spacial score (nSPS) is 12.7. The van der Waals surface area contributed by atoms with Gasteiger partial charge in [0, 0.05) is 30.4 Å². The number of rotatable bonds is 5. The lowest BCUT2D eigenvalue weighted by molar-refractivity contribution is 0.0653. The number of hydrogen-bond acceptors (Lipinski definition) is 6. The van der Waals surface area contributed by atoms with Crippen molar-refractivity contribution in [3.63, 3.8) is 0 Å². The number of fused-ring (bicyclic) bond motifs is 2. The lowest BCUT2D eigenvalue weighted by Crippen LogP contribution is -2.30. The number of aryl methyl sites for hydroxylation is 1. The van der Waals surface area contributed by atoms with Crippen molar-refractivity contribution in [2.45, 2.75) is 33.2 Å². The number of halogens is 2. The van der Waals surface area contributed by atoms with Gasteiger partial charge in [-0.05, 0) is 43.5 Å². The van der Waals surface area contributed by atoms with E-state index in [0.29, 0.717) is 58.7 Å². The second kappa shape index (κ2) is 9.85. The van der Waals surface area contributed by atoms with Gasteiger partial charge in [0.2, 0.25) is 5.95 Å². The fraction of sp³-hybridized carbons (Fsp3) is 0.222. The van der Waals surface area contributed by atoms with Gasteiger partial charge in [0.1, 0.15) is 10.8 Å². The average molecular weight is 533 g/mol. The molecule has 0 aliphatic carbocycles. The summed E-state index contributed by atoms with van der Waals surface area (Å²) in [5.41, 5.74) is 10.5.